The first-order valence-corrected chi connectivity index (χ1v) is 11.3. The first-order chi connectivity index (χ1) is 15.9. The van der Waals surface area contributed by atoms with Gasteiger partial charge in [0.1, 0.15) is 16.4 Å². The molecule has 5 rings (SSSR count). The average molecular weight is 463 g/mol. The Bertz CT molecular complexity index is 1420. The molecule has 0 aliphatic carbocycles. The van der Waals surface area contributed by atoms with Gasteiger partial charge in [0, 0.05) is 36.3 Å². The molecule has 0 fully saturated rings. The molecule has 33 heavy (non-hydrogen) atoms. The van der Waals surface area contributed by atoms with Crippen LogP contribution in [0, 0.1) is 13.8 Å². The van der Waals surface area contributed by atoms with Gasteiger partial charge in [-0.1, -0.05) is 0 Å². The van der Waals surface area contributed by atoms with E-state index in [-0.39, 0.29) is 11.5 Å². The van der Waals surface area contributed by atoms with Gasteiger partial charge in [0.25, 0.3) is 11.5 Å². The Morgan fingerprint density at radius 3 is 2.67 bits per heavy atom. The number of ether oxygens (including phenoxy) is 1. The van der Waals surface area contributed by atoms with Crippen LogP contribution in [0.2, 0.25) is 0 Å². The van der Waals surface area contributed by atoms with Crippen molar-refractivity contribution in [2.75, 3.05) is 13.7 Å². The van der Waals surface area contributed by atoms with E-state index in [9.17, 15) is 9.59 Å². The Kier molecular flexibility index (Phi) is 5.29. The second kappa shape index (κ2) is 8.28. The smallest absolute Gasteiger partial charge is 0.275 e. The SMILES string of the molecule is COc1ccc(-c2nc(CN3CCn4c(ccc(-n5cnc(C)c5)c4=O)C3=O)cs2)c(C)n1. The fraction of sp³-hybridized carbons (Fsp3) is 0.261. The predicted octanol–water partition coefficient (Wildman–Crippen LogP) is 2.83. The Morgan fingerprint density at radius 1 is 1.09 bits per heavy atom. The van der Waals surface area contributed by atoms with Gasteiger partial charge in [0.2, 0.25) is 5.88 Å². The largest absolute Gasteiger partial charge is 0.481 e. The summed E-state index contributed by atoms with van der Waals surface area (Å²) >= 11 is 1.52. The molecule has 0 saturated carbocycles. The first-order valence-electron chi connectivity index (χ1n) is 10.4. The number of rotatable bonds is 5. The van der Waals surface area contributed by atoms with E-state index >= 15 is 0 Å². The highest BCUT2D eigenvalue weighted by Crippen LogP contribution is 2.28. The molecule has 0 aromatic carbocycles. The van der Waals surface area contributed by atoms with Crippen molar-refractivity contribution in [3.05, 3.63) is 75.3 Å². The zero-order valence-corrected chi connectivity index (χ0v) is 19.3. The highest BCUT2D eigenvalue weighted by Gasteiger charge is 2.27. The third-order valence-corrected chi connectivity index (χ3v) is 6.57. The van der Waals surface area contributed by atoms with Gasteiger partial charge in [-0.3, -0.25) is 9.59 Å². The molecule has 0 unspecified atom stereocenters. The lowest BCUT2D eigenvalue weighted by Gasteiger charge is -2.29. The van der Waals surface area contributed by atoms with Crippen LogP contribution >= 0.6 is 11.3 Å². The molecule has 0 N–H and O–H groups in total. The maximum absolute atomic E-state index is 13.1. The van der Waals surface area contributed by atoms with E-state index in [1.165, 1.54) is 11.3 Å². The average Bonchev–Trinajstić information content (AvgIpc) is 3.45. The van der Waals surface area contributed by atoms with Crippen molar-refractivity contribution in [1.82, 2.24) is 29.0 Å². The summed E-state index contributed by atoms with van der Waals surface area (Å²) in [6.07, 6.45) is 3.40. The number of thiazole rings is 1. The van der Waals surface area contributed by atoms with Gasteiger partial charge < -0.3 is 18.8 Å². The third kappa shape index (κ3) is 3.82. The molecule has 1 amide bonds. The predicted molar refractivity (Wildman–Crippen MR) is 124 cm³/mol. The van der Waals surface area contributed by atoms with E-state index in [0.717, 1.165) is 27.7 Å². The quantitative estimate of drug-likeness (QED) is 0.453. The number of carbonyl (C=O) groups excluding carboxylic acids is 1. The van der Waals surface area contributed by atoms with Crippen LogP contribution in [0.4, 0.5) is 0 Å². The summed E-state index contributed by atoms with van der Waals surface area (Å²) < 4.78 is 8.41. The van der Waals surface area contributed by atoms with Crippen LogP contribution in [0.5, 0.6) is 5.88 Å². The van der Waals surface area contributed by atoms with Crippen LogP contribution in [-0.4, -0.2) is 48.5 Å². The Labute approximate surface area is 193 Å². The van der Waals surface area contributed by atoms with Gasteiger partial charge >= 0.3 is 0 Å². The number of hydrogen-bond donors (Lipinski definition) is 0. The number of amides is 1. The molecule has 0 radical (unpaired) electrons. The summed E-state index contributed by atoms with van der Waals surface area (Å²) in [5.41, 5.74) is 4.07. The van der Waals surface area contributed by atoms with Crippen LogP contribution < -0.4 is 10.3 Å². The number of fused-ring (bicyclic) bond motifs is 1. The van der Waals surface area contributed by atoms with E-state index in [1.807, 2.05) is 31.4 Å². The molecular formula is C23H22N6O3S. The number of pyridine rings is 2. The van der Waals surface area contributed by atoms with Gasteiger partial charge in [-0.15, -0.1) is 11.3 Å². The molecule has 4 aromatic rings. The van der Waals surface area contributed by atoms with E-state index in [1.54, 1.807) is 45.8 Å². The molecule has 0 atom stereocenters. The molecule has 0 saturated heterocycles. The molecule has 10 heteroatoms. The van der Waals surface area contributed by atoms with E-state index in [0.29, 0.717) is 36.9 Å². The number of methoxy groups -OCH3 is 1. The monoisotopic (exact) mass is 462 g/mol. The molecule has 168 valence electrons. The van der Waals surface area contributed by atoms with Gasteiger partial charge in [-0.25, -0.2) is 15.0 Å². The zero-order chi connectivity index (χ0) is 23.1. The van der Waals surface area contributed by atoms with Crippen molar-refractivity contribution in [3.63, 3.8) is 0 Å². The minimum Gasteiger partial charge on any atom is -0.481 e. The molecule has 0 spiro atoms. The maximum Gasteiger partial charge on any atom is 0.275 e. The van der Waals surface area contributed by atoms with Gasteiger partial charge in [-0.2, -0.15) is 0 Å². The summed E-state index contributed by atoms with van der Waals surface area (Å²) in [5.74, 6) is 0.385. The second-order valence-electron chi connectivity index (χ2n) is 7.84. The second-order valence-corrected chi connectivity index (χ2v) is 8.70. The lowest BCUT2D eigenvalue weighted by Crippen LogP contribution is -2.44. The lowest BCUT2D eigenvalue weighted by atomic mass is 10.2. The van der Waals surface area contributed by atoms with Crippen molar-refractivity contribution in [2.24, 2.45) is 0 Å². The molecule has 5 heterocycles. The number of imidazole rings is 1. The summed E-state index contributed by atoms with van der Waals surface area (Å²) in [6, 6.07) is 7.14. The minimum absolute atomic E-state index is 0.177. The fourth-order valence-corrected chi connectivity index (χ4v) is 4.82. The van der Waals surface area contributed by atoms with Crippen LogP contribution in [0.1, 0.15) is 27.6 Å². The highest BCUT2D eigenvalue weighted by atomic mass is 32.1. The van der Waals surface area contributed by atoms with Crippen LogP contribution in [0.3, 0.4) is 0 Å². The summed E-state index contributed by atoms with van der Waals surface area (Å²) in [5, 5.41) is 2.80. The molecule has 9 nitrogen and oxygen atoms in total. The van der Waals surface area contributed by atoms with Gasteiger partial charge in [0.05, 0.1) is 37.1 Å². The number of carbonyl (C=O) groups is 1. The highest BCUT2D eigenvalue weighted by molar-refractivity contribution is 7.13. The summed E-state index contributed by atoms with van der Waals surface area (Å²) in [6.45, 7) is 5.04. The van der Waals surface area contributed by atoms with Crippen molar-refractivity contribution < 1.29 is 9.53 Å². The van der Waals surface area contributed by atoms with Crippen molar-refractivity contribution in [2.45, 2.75) is 26.9 Å². The number of aromatic nitrogens is 5. The normalized spacial score (nSPS) is 13.3. The zero-order valence-electron chi connectivity index (χ0n) is 18.5. The lowest BCUT2D eigenvalue weighted by molar-refractivity contribution is 0.0684. The molecule has 4 aromatic heterocycles. The minimum atomic E-state index is -0.198. The summed E-state index contributed by atoms with van der Waals surface area (Å²) in [4.78, 5) is 41.2. The van der Waals surface area contributed by atoms with Crippen molar-refractivity contribution in [3.8, 4) is 22.1 Å². The van der Waals surface area contributed by atoms with Crippen LogP contribution in [-0.2, 0) is 13.1 Å². The molecule has 1 aliphatic heterocycles. The molecular weight excluding hydrogens is 440 g/mol. The summed E-state index contributed by atoms with van der Waals surface area (Å²) in [7, 11) is 1.59. The maximum atomic E-state index is 13.1. The standard InChI is InChI=1S/C23H22N6O3S/c1-14-10-28(13-24-14)18-5-6-19-22(30)27(8-9-29(19)23(18)31)11-16-12-33-21(26-16)17-4-7-20(32-3)25-15(17)2/h4-7,10,12-13H,8-9,11H2,1-3H3. The van der Waals surface area contributed by atoms with Crippen molar-refractivity contribution >= 4 is 17.2 Å². The van der Waals surface area contributed by atoms with E-state index < -0.39 is 0 Å². The van der Waals surface area contributed by atoms with Crippen molar-refractivity contribution in [1.29, 1.82) is 0 Å². The Balaban J connectivity index is 1.37. The van der Waals surface area contributed by atoms with Crippen LogP contribution in [0.25, 0.3) is 16.3 Å². The Morgan fingerprint density at radius 2 is 1.94 bits per heavy atom. The first kappa shape index (κ1) is 21.1. The number of aryl methyl sites for hydroxylation is 2. The number of nitrogens with zero attached hydrogens (tertiary/aromatic N) is 6. The third-order valence-electron chi connectivity index (χ3n) is 5.65. The molecule has 0 bridgehead atoms. The topological polar surface area (TPSA) is 95.1 Å². The fourth-order valence-electron chi connectivity index (χ4n) is 3.94. The number of hydrogen-bond acceptors (Lipinski definition) is 7. The van der Waals surface area contributed by atoms with Gasteiger partial charge in [0.15, 0.2) is 0 Å². The van der Waals surface area contributed by atoms with Crippen LogP contribution in [0.15, 0.2) is 47.0 Å². The van der Waals surface area contributed by atoms with Gasteiger partial charge in [-0.05, 0) is 32.0 Å². The van der Waals surface area contributed by atoms with E-state index in [2.05, 4.69) is 9.97 Å². The molecule has 1 aliphatic rings. The Hall–Kier alpha value is -3.79. The van der Waals surface area contributed by atoms with E-state index in [4.69, 9.17) is 9.72 Å².